The predicted molar refractivity (Wildman–Crippen MR) is 214 cm³/mol. The van der Waals surface area contributed by atoms with Crippen LogP contribution in [0.3, 0.4) is 0 Å². The van der Waals surface area contributed by atoms with Gasteiger partial charge in [-0.3, -0.25) is 14.7 Å². The zero-order valence-corrected chi connectivity index (χ0v) is 35.0. The van der Waals surface area contributed by atoms with E-state index in [9.17, 15) is 19.1 Å². The Labute approximate surface area is 319 Å². The molecule has 294 valence electrons. The lowest BCUT2D eigenvalue weighted by molar-refractivity contribution is -0.142. The highest BCUT2D eigenvalue weighted by Crippen LogP contribution is 2.30. The van der Waals surface area contributed by atoms with Gasteiger partial charge in [0.15, 0.2) is 5.65 Å². The van der Waals surface area contributed by atoms with Gasteiger partial charge in [-0.25, -0.2) is 14.2 Å². The van der Waals surface area contributed by atoms with E-state index in [-0.39, 0.29) is 37.8 Å². The Hall–Kier alpha value is -3.97. The highest BCUT2D eigenvalue weighted by molar-refractivity contribution is 6.76. The number of rotatable bonds is 17. The van der Waals surface area contributed by atoms with Gasteiger partial charge < -0.3 is 29.1 Å². The molecule has 54 heavy (non-hydrogen) atoms. The summed E-state index contributed by atoms with van der Waals surface area (Å²) in [6.07, 6.45) is 2.77. The van der Waals surface area contributed by atoms with Gasteiger partial charge in [-0.15, -0.1) is 0 Å². The molecule has 1 aromatic carbocycles. The highest BCUT2D eigenvalue weighted by Gasteiger charge is 2.32. The van der Waals surface area contributed by atoms with Crippen LogP contribution in [0, 0.1) is 5.82 Å². The molecule has 0 bridgehead atoms. The number of halogens is 1. The molecule has 1 fully saturated rings. The van der Waals surface area contributed by atoms with Gasteiger partial charge in [0.25, 0.3) is 5.91 Å². The van der Waals surface area contributed by atoms with Crippen LogP contribution in [0.5, 0.6) is 0 Å². The van der Waals surface area contributed by atoms with Gasteiger partial charge in [-0.1, -0.05) is 39.3 Å². The number of aromatic nitrogens is 4. The molecule has 1 aliphatic rings. The number of hydrogen-bond acceptors (Lipinski definition) is 9. The number of ether oxygens (including phenoxy) is 3. The summed E-state index contributed by atoms with van der Waals surface area (Å²) in [6, 6.07) is 9.86. The quantitative estimate of drug-likeness (QED) is 0.0677. The lowest BCUT2D eigenvalue weighted by Gasteiger charge is -2.37. The van der Waals surface area contributed by atoms with Crippen LogP contribution in [0.25, 0.3) is 27.7 Å². The smallest absolute Gasteiger partial charge is 0.407 e. The molecular formula is C38H56FN7O6Si2. The molecule has 0 aliphatic carbocycles. The van der Waals surface area contributed by atoms with E-state index >= 15 is 0 Å². The lowest BCUT2D eigenvalue weighted by atomic mass is 10.0. The summed E-state index contributed by atoms with van der Waals surface area (Å²) in [5.41, 5.74) is 3.03. The Bertz CT molecular complexity index is 1890. The average molecular weight is 782 g/mol. The fourth-order valence-electron chi connectivity index (χ4n) is 6.31. The molecule has 1 aliphatic heterocycles. The van der Waals surface area contributed by atoms with Crippen LogP contribution in [-0.4, -0.2) is 122 Å². The largest absolute Gasteiger partial charge is 0.465 e. The lowest BCUT2D eigenvalue weighted by Crippen LogP contribution is -2.50. The highest BCUT2D eigenvalue weighted by atomic mass is 28.3. The average Bonchev–Trinajstić information content (AvgIpc) is 3.55. The number of pyridine rings is 1. The minimum Gasteiger partial charge on any atom is -0.465 e. The van der Waals surface area contributed by atoms with Crippen LogP contribution in [0.1, 0.15) is 25.5 Å². The van der Waals surface area contributed by atoms with E-state index in [0.29, 0.717) is 78.3 Å². The zero-order chi connectivity index (χ0) is 39.2. The Kier molecular flexibility index (Phi) is 13.5. The summed E-state index contributed by atoms with van der Waals surface area (Å²) in [5, 5.41) is 15.9. The number of likely N-dealkylation sites (tertiary alicyclic amines) is 1. The molecule has 16 heteroatoms. The van der Waals surface area contributed by atoms with Crippen LogP contribution in [0.2, 0.25) is 51.4 Å². The minimum absolute atomic E-state index is 0.0124. The fraction of sp³-hybridized carbons (Fsp3) is 0.553. The number of amides is 2. The molecule has 0 radical (unpaired) electrons. The summed E-state index contributed by atoms with van der Waals surface area (Å²) in [4.78, 5) is 40.3. The zero-order valence-electron chi connectivity index (χ0n) is 33.0. The summed E-state index contributed by atoms with van der Waals surface area (Å²) < 4.78 is 33.7. The number of methoxy groups -OCH3 is 1. The van der Waals surface area contributed by atoms with Gasteiger partial charge >= 0.3 is 6.09 Å². The van der Waals surface area contributed by atoms with Crippen molar-refractivity contribution in [2.24, 2.45) is 0 Å². The van der Waals surface area contributed by atoms with Gasteiger partial charge in [0, 0.05) is 84.4 Å². The second-order valence-electron chi connectivity index (χ2n) is 16.5. The number of benzene rings is 1. The van der Waals surface area contributed by atoms with E-state index in [0.717, 1.165) is 12.1 Å². The molecule has 13 nitrogen and oxygen atoms in total. The van der Waals surface area contributed by atoms with Crippen molar-refractivity contribution in [2.45, 2.75) is 89.8 Å². The summed E-state index contributed by atoms with van der Waals surface area (Å²) in [5.74, 6) is 0.175. The summed E-state index contributed by atoms with van der Waals surface area (Å²) >= 11 is 0. The first-order valence-corrected chi connectivity index (χ1v) is 26.1. The van der Waals surface area contributed by atoms with Gasteiger partial charge in [0.05, 0.1) is 24.0 Å². The second kappa shape index (κ2) is 17.7. The van der Waals surface area contributed by atoms with Crippen LogP contribution in [0.15, 0.2) is 42.7 Å². The molecule has 5 rings (SSSR count). The van der Waals surface area contributed by atoms with E-state index in [1.165, 1.54) is 24.1 Å². The van der Waals surface area contributed by atoms with Crippen LogP contribution in [-0.2, 0) is 25.5 Å². The molecule has 3 aromatic heterocycles. The van der Waals surface area contributed by atoms with Crippen LogP contribution < -0.4 is 4.90 Å². The Morgan fingerprint density at radius 3 is 2.22 bits per heavy atom. The van der Waals surface area contributed by atoms with Gasteiger partial charge in [-0.2, -0.15) is 9.61 Å². The van der Waals surface area contributed by atoms with E-state index in [2.05, 4.69) is 44.3 Å². The van der Waals surface area contributed by atoms with Gasteiger partial charge in [-0.05, 0) is 56.1 Å². The first-order chi connectivity index (χ1) is 25.5. The number of piperidine rings is 1. The molecule has 1 saturated heterocycles. The number of fused-ring (bicyclic) bond motifs is 2. The first-order valence-electron chi connectivity index (χ1n) is 18.7. The topological polar surface area (TPSA) is 135 Å². The Balaban J connectivity index is 1.53. The maximum atomic E-state index is 14.2. The number of carboxylic acid groups (broad SMARTS) is 1. The van der Waals surface area contributed by atoms with E-state index in [4.69, 9.17) is 24.3 Å². The van der Waals surface area contributed by atoms with Crippen molar-refractivity contribution in [2.75, 3.05) is 51.8 Å². The molecule has 0 spiro atoms. The summed E-state index contributed by atoms with van der Waals surface area (Å²) in [6.45, 7) is 18.1. The maximum Gasteiger partial charge on any atom is 0.407 e. The van der Waals surface area contributed by atoms with E-state index < -0.39 is 28.3 Å². The predicted octanol–water partition coefficient (Wildman–Crippen LogP) is 7.02. The SMILES string of the molecule is COC(C)C(=O)N1CCC(N(Cc2cc(N(COCC[Si](C)(C)C)COCC[Si](C)(C)C)n3ncc(-c4cnc5ccc(F)cc5c4)c3n2)C(=O)O)CC1. The van der Waals surface area contributed by atoms with E-state index in [1.807, 2.05) is 17.0 Å². The van der Waals surface area contributed by atoms with Gasteiger partial charge in [0.1, 0.15) is 31.2 Å². The van der Waals surface area contributed by atoms with Crippen molar-refractivity contribution < 1.29 is 33.3 Å². The van der Waals surface area contributed by atoms with E-state index in [1.54, 1.807) is 34.8 Å². The number of hydrogen-bond donors (Lipinski definition) is 1. The molecule has 1 N–H and O–H groups in total. The first kappa shape index (κ1) is 41.2. The normalized spacial score (nSPS) is 14.9. The second-order valence-corrected chi connectivity index (χ2v) is 27.8. The van der Waals surface area contributed by atoms with Crippen molar-refractivity contribution in [1.29, 1.82) is 0 Å². The molecule has 1 unspecified atom stereocenters. The Morgan fingerprint density at radius 2 is 1.63 bits per heavy atom. The third-order valence-electron chi connectivity index (χ3n) is 9.77. The molecule has 0 saturated carbocycles. The monoisotopic (exact) mass is 781 g/mol. The number of nitrogens with zero attached hydrogens (tertiary/aromatic N) is 7. The number of carbonyl (C=O) groups is 2. The molecule has 2 amide bonds. The van der Waals surface area contributed by atoms with Crippen LogP contribution >= 0.6 is 0 Å². The van der Waals surface area contributed by atoms with Crippen molar-refractivity contribution in [3.63, 3.8) is 0 Å². The van der Waals surface area contributed by atoms with Crippen molar-refractivity contribution in [1.82, 2.24) is 29.4 Å². The van der Waals surface area contributed by atoms with Crippen LogP contribution in [0.4, 0.5) is 15.0 Å². The van der Waals surface area contributed by atoms with Crippen molar-refractivity contribution in [3.05, 3.63) is 54.2 Å². The molecular weight excluding hydrogens is 726 g/mol. The number of anilines is 1. The third kappa shape index (κ3) is 10.8. The molecule has 4 aromatic rings. The van der Waals surface area contributed by atoms with Gasteiger partial charge in [0.2, 0.25) is 0 Å². The Morgan fingerprint density at radius 1 is 0.981 bits per heavy atom. The number of carbonyl (C=O) groups excluding carboxylic acids is 1. The molecule has 1 atom stereocenters. The minimum atomic E-state index is -1.35. The maximum absolute atomic E-state index is 14.2. The fourth-order valence-corrected chi connectivity index (χ4v) is 7.83. The van der Waals surface area contributed by atoms with Crippen molar-refractivity contribution >= 4 is 50.5 Å². The third-order valence-corrected chi connectivity index (χ3v) is 13.2. The van der Waals surface area contributed by atoms with Crippen molar-refractivity contribution in [3.8, 4) is 11.1 Å². The summed E-state index contributed by atoms with van der Waals surface area (Å²) in [7, 11) is -1.20. The molecule has 4 heterocycles. The standard InChI is InChI=1S/C38H56FN7O6Si2/c1-27(50-2)37(47)43-13-11-32(12-14-43)45(38(48)49)24-31-21-35(44(25-51-15-17-53(3,4)5)26-52-16-18-54(6,7)8)46-36(42-31)33(23-41-46)29-19-28-20-30(39)9-10-34(28)40-22-29/h9-10,19-23,27,32H,11-18,24-26H2,1-8H3,(H,48,49).